The Morgan fingerprint density at radius 3 is 2.90 bits per heavy atom. The van der Waals surface area contributed by atoms with E-state index >= 15 is 0 Å². The second-order valence-corrected chi connectivity index (χ2v) is 6.95. The van der Waals surface area contributed by atoms with Crippen LogP contribution in [0.3, 0.4) is 0 Å². The first-order chi connectivity index (χ1) is 9.61. The Kier molecular flexibility index (Phi) is 5.35. The maximum absolute atomic E-state index is 12.5. The monoisotopic (exact) mass is 292 g/mol. The van der Waals surface area contributed by atoms with Crippen LogP contribution in [-0.2, 0) is 0 Å². The van der Waals surface area contributed by atoms with Gasteiger partial charge in [-0.1, -0.05) is 25.8 Å². The fourth-order valence-corrected chi connectivity index (χ4v) is 4.00. The molecule has 0 heterocycles. The maximum atomic E-state index is 12.5. The quantitative estimate of drug-likeness (QED) is 0.837. The number of benzene rings is 1. The normalized spacial score (nSPS) is 22.5. The van der Waals surface area contributed by atoms with Crippen LogP contribution >= 0.6 is 11.8 Å². The number of thioether (sulfide) groups is 1. The summed E-state index contributed by atoms with van der Waals surface area (Å²) in [6, 6.07) is 5.81. The fourth-order valence-electron chi connectivity index (χ4n) is 2.81. The molecule has 1 amide bonds. The summed E-state index contributed by atoms with van der Waals surface area (Å²) in [4.78, 5) is 12.5. The molecule has 0 aliphatic heterocycles. The van der Waals surface area contributed by atoms with Crippen LogP contribution in [0.25, 0.3) is 0 Å². The van der Waals surface area contributed by atoms with Crippen molar-refractivity contribution in [1.29, 1.82) is 0 Å². The number of nitrogens with two attached hydrogens (primary N) is 1. The molecular weight excluding hydrogens is 268 g/mol. The smallest absolute Gasteiger partial charge is 0.251 e. The van der Waals surface area contributed by atoms with E-state index in [2.05, 4.69) is 12.2 Å². The SMILES string of the molecule is CCSC1CCCCC1NC(=O)c1cc(N)ccc1C. The van der Waals surface area contributed by atoms with Crippen LogP contribution in [0.5, 0.6) is 0 Å². The maximum Gasteiger partial charge on any atom is 0.251 e. The standard InChI is InChI=1S/C16H24N2OS/c1-3-20-15-7-5-4-6-14(15)18-16(19)13-10-12(17)9-8-11(13)2/h8-10,14-15H,3-7,17H2,1-2H3,(H,18,19). The van der Waals surface area contributed by atoms with Crippen LogP contribution in [0.1, 0.15) is 48.5 Å². The third-order valence-corrected chi connectivity index (χ3v) is 5.23. The highest BCUT2D eigenvalue weighted by Crippen LogP contribution is 2.29. The van der Waals surface area contributed by atoms with Crippen molar-refractivity contribution in [2.45, 2.75) is 50.8 Å². The second-order valence-electron chi connectivity index (χ2n) is 5.43. The molecule has 4 heteroatoms. The first kappa shape index (κ1) is 15.2. The predicted octanol–water partition coefficient (Wildman–Crippen LogP) is 3.37. The van der Waals surface area contributed by atoms with Crippen LogP contribution in [0.2, 0.25) is 0 Å². The summed E-state index contributed by atoms with van der Waals surface area (Å²) in [7, 11) is 0. The number of hydrogen-bond donors (Lipinski definition) is 2. The molecule has 0 radical (unpaired) electrons. The zero-order valence-corrected chi connectivity index (χ0v) is 13.1. The van der Waals surface area contributed by atoms with E-state index in [9.17, 15) is 4.79 Å². The molecule has 1 aliphatic rings. The summed E-state index contributed by atoms with van der Waals surface area (Å²) in [6.45, 7) is 4.13. The molecule has 1 fully saturated rings. The molecule has 0 aromatic heterocycles. The Balaban J connectivity index is 2.07. The van der Waals surface area contributed by atoms with Crippen molar-refractivity contribution in [1.82, 2.24) is 5.32 Å². The van der Waals surface area contributed by atoms with Crippen LogP contribution in [0.15, 0.2) is 18.2 Å². The number of rotatable bonds is 4. The van der Waals surface area contributed by atoms with Crippen molar-refractivity contribution >= 4 is 23.4 Å². The topological polar surface area (TPSA) is 55.1 Å². The molecule has 0 bridgehead atoms. The summed E-state index contributed by atoms with van der Waals surface area (Å²) in [6.07, 6.45) is 4.78. The average Bonchev–Trinajstić information content (AvgIpc) is 2.44. The van der Waals surface area contributed by atoms with E-state index in [-0.39, 0.29) is 5.91 Å². The summed E-state index contributed by atoms with van der Waals surface area (Å²) in [5, 5.41) is 3.78. The summed E-state index contributed by atoms with van der Waals surface area (Å²) >= 11 is 1.97. The number of carbonyl (C=O) groups excluding carboxylic acids is 1. The number of hydrogen-bond acceptors (Lipinski definition) is 3. The van der Waals surface area contributed by atoms with Gasteiger partial charge in [-0.25, -0.2) is 0 Å². The Bertz CT molecular complexity index is 474. The first-order valence-corrected chi connectivity index (χ1v) is 8.45. The van der Waals surface area contributed by atoms with Crippen molar-refractivity contribution < 1.29 is 4.79 Å². The van der Waals surface area contributed by atoms with Gasteiger partial charge in [0.05, 0.1) is 0 Å². The van der Waals surface area contributed by atoms with Gasteiger partial charge in [-0.15, -0.1) is 0 Å². The van der Waals surface area contributed by atoms with Gasteiger partial charge < -0.3 is 11.1 Å². The van der Waals surface area contributed by atoms with E-state index < -0.39 is 0 Å². The predicted molar refractivity (Wildman–Crippen MR) is 87.2 cm³/mol. The van der Waals surface area contributed by atoms with Crippen LogP contribution < -0.4 is 11.1 Å². The molecule has 1 aromatic rings. The van der Waals surface area contributed by atoms with Gasteiger partial charge in [-0.2, -0.15) is 11.8 Å². The molecule has 3 nitrogen and oxygen atoms in total. The van der Waals surface area contributed by atoms with E-state index in [0.29, 0.717) is 22.5 Å². The molecule has 1 aliphatic carbocycles. The van der Waals surface area contributed by atoms with Gasteiger partial charge in [0.1, 0.15) is 0 Å². The van der Waals surface area contributed by atoms with Crippen LogP contribution in [0.4, 0.5) is 5.69 Å². The van der Waals surface area contributed by atoms with Gasteiger partial charge in [-0.3, -0.25) is 4.79 Å². The van der Waals surface area contributed by atoms with E-state index in [4.69, 9.17) is 5.73 Å². The molecule has 110 valence electrons. The Morgan fingerprint density at radius 1 is 1.40 bits per heavy atom. The Morgan fingerprint density at radius 2 is 2.15 bits per heavy atom. The number of amides is 1. The zero-order valence-electron chi connectivity index (χ0n) is 12.3. The minimum Gasteiger partial charge on any atom is -0.399 e. The highest BCUT2D eigenvalue weighted by Gasteiger charge is 2.27. The van der Waals surface area contributed by atoms with E-state index in [1.54, 1.807) is 6.07 Å². The molecule has 1 saturated carbocycles. The lowest BCUT2D eigenvalue weighted by Crippen LogP contribution is -2.44. The van der Waals surface area contributed by atoms with Crippen molar-refractivity contribution in [2.24, 2.45) is 0 Å². The van der Waals surface area contributed by atoms with Crippen molar-refractivity contribution in [3.63, 3.8) is 0 Å². The van der Waals surface area contributed by atoms with Gasteiger partial charge in [0, 0.05) is 22.5 Å². The number of carbonyl (C=O) groups is 1. The van der Waals surface area contributed by atoms with E-state index in [0.717, 1.165) is 17.7 Å². The van der Waals surface area contributed by atoms with Crippen molar-refractivity contribution in [3.05, 3.63) is 29.3 Å². The van der Waals surface area contributed by atoms with Gasteiger partial charge in [0.25, 0.3) is 5.91 Å². The highest BCUT2D eigenvalue weighted by atomic mass is 32.2. The lowest BCUT2D eigenvalue weighted by Gasteiger charge is -2.31. The van der Waals surface area contributed by atoms with Gasteiger partial charge in [0.15, 0.2) is 0 Å². The summed E-state index contributed by atoms with van der Waals surface area (Å²) in [5.41, 5.74) is 8.12. The number of nitrogens with one attached hydrogen (secondary N) is 1. The molecule has 1 aromatic carbocycles. The van der Waals surface area contributed by atoms with Crippen molar-refractivity contribution in [3.8, 4) is 0 Å². The largest absolute Gasteiger partial charge is 0.399 e. The van der Waals surface area contributed by atoms with Crippen molar-refractivity contribution in [2.75, 3.05) is 11.5 Å². The molecule has 20 heavy (non-hydrogen) atoms. The molecular formula is C16H24N2OS. The summed E-state index contributed by atoms with van der Waals surface area (Å²) < 4.78 is 0. The number of nitrogen functional groups attached to an aromatic ring is 1. The van der Waals surface area contributed by atoms with E-state index in [1.165, 1.54) is 19.3 Å². The Labute approximate surface area is 125 Å². The lowest BCUT2D eigenvalue weighted by molar-refractivity contribution is 0.0928. The molecule has 2 atom stereocenters. The van der Waals surface area contributed by atoms with Gasteiger partial charge in [0.2, 0.25) is 0 Å². The lowest BCUT2D eigenvalue weighted by atomic mass is 9.94. The minimum atomic E-state index is 0.0170. The van der Waals surface area contributed by atoms with Crippen LogP contribution in [0, 0.1) is 6.92 Å². The minimum absolute atomic E-state index is 0.0170. The third-order valence-electron chi connectivity index (χ3n) is 3.91. The number of anilines is 1. The molecule has 2 rings (SSSR count). The fraction of sp³-hybridized carbons (Fsp3) is 0.562. The molecule has 0 spiro atoms. The van der Waals surface area contributed by atoms with Crippen LogP contribution in [-0.4, -0.2) is 23.0 Å². The zero-order chi connectivity index (χ0) is 14.5. The third kappa shape index (κ3) is 3.69. The average molecular weight is 292 g/mol. The molecule has 2 unspecified atom stereocenters. The first-order valence-electron chi connectivity index (χ1n) is 7.40. The highest BCUT2D eigenvalue weighted by molar-refractivity contribution is 7.99. The Hall–Kier alpha value is -1.16. The molecule has 0 saturated heterocycles. The summed E-state index contributed by atoms with van der Waals surface area (Å²) in [5.74, 6) is 1.12. The second kappa shape index (κ2) is 7.02. The van der Waals surface area contributed by atoms with Gasteiger partial charge >= 0.3 is 0 Å². The molecule has 3 N–H and O–H groups in total. The number of aryl methyl sites for hydroxylation is 1. The van der Waals surface area contributed by atoms with E-state index in [1.807, 2.05) is 30.8 Å². The van der Waals surface area contributed by atoms with Gasteiger partial charge in [-0.05, 0) is 43.2 Å².